The minimum atomic E-state index is 0. The first kappa shape index (κ1) is 19.1. The molecule has 1 N–H and O–H groups in total. The monoisotopic (exact) mass is 378 g/mol. The van der Waals surface area contributed by atoms with Crippen LogP contribution in [0.25, 0.3) is 6.08 Å². The average Bonchev–Trinajstić information content (AvgIpc) is 3.50. The van der Waals surface area contributed by atoms with Crippen molar-refractivity contribution < 1.29 is 14.3 Å². The number of benzene rings is 1. The van der Waals surface area contributed by atoms with E-state index >= 15 is 0 Å². The van der Waals surface area contributed by atoms with E-state index in [2.05, 4.69) is 5.32 Å². The molecule has 4 rings (SSSR count). The second-order valence-electron chi connectivity index (χ2n) is 7.28. The average molecular weight is 379 g/mol. The number of methoxy groups -OCH3 is 1. The molecule has 0 unspecified atom stereocenters. The molecular weight excluding hydrogens is 352 g/mol. The molecule has 26 heavy (non-hydrogen) atoms. The molecule has 1 amide bonds. The number of hydrogen-bond acceptors (Lipinski definition) is 4. The maximum absolute atomic E-state index is 12.8. The zero-order chi connectivity index (χ0) is 17.2. The quantitative estimate of drug-likeness (QED) is 0.856. The number of halogens is 1. The van der Waals surface area contributed by atoms with E-state index in [0.717, 1.165) is 61.0 Å². The Morgan fingerprint density at radius 1 is 1.27 bits per heavy atom. The van der Waals surface area contributed by atoms with E-state index in [1.807, 2.05) is 29.2 Å². The predicted octanol–water partition coefficient (Wildman–Crippen LogP) is 2.88. The minimum Gasteiger partial charge on any atom is -0.497 e. The Morgan fingerprint density at radius 2 is 2.04 bits per heavy atom. The smallest absolute Gasteiger partial charge is 0.253 e. The maximum Gasteiger partial charge on any atom is 0.253 e. The van der Waals surface area contributed by atoms with Gasteiger partial charge in [0.25, 0.3) is 5.91 Å². The van der Waals surface area contributed by atoms with Crippen molar-refractivity contribution in [3.05, 3.63) is 29.3 Å². The third-order valence-electron chi connectivity index (χ3n) is 5.38. The zero-order valence-electron chi connectivity index (χ0n) is 15.2. The largest absolute Gasteiger partial charge is 0.497 e. The third kappa shape index (κ3) is 4.33. The van der Waals surface area contributed by atoms with Gasteiger partial charge in [0.1, 0.15) is 18.1 Å². The summed E-state index contributed by atoms with van der Waals surface area (Å²) in [6, 6.07) is 6.24. The van der Waals surface area contributed by atoms with Crippen LogP contribution < -0.4 is 14.8 Å². The van der Waals surface area contributed by atoms with Gasteiger partial charge in [0.2, 0.25) is 0 Å². The number of nitrogens with one attached hydrogen (secondary N) is 1. The van der Waals surface area contributed by atoms with E-state index in [1.54, 1.807) is 7.11 Å². The number of likely N-dealkylation sites (tertiary alicyclic amines) is 1. The van der Waals surface area contributed by atoms with Crippen LogP contribution in [-0.2, 0) is 4.79 Å². The van der Waals surface area contributed by atoms with Gasteiger partial charge in [-0.15, -0.1) is 12.4 Å². The summed E-state index contributed by atoms with van der Waals surface area (Å²) < 4.78 is 11.0. The van der Waals surface area contributed by atoms with Crippen LogP contribution in [-0.4, -0.2) is 50.2 Å². The zero-order valence-corrected chi connectivity index (χ0v) is 16.0. The highest BCUT2D eigenvalue weighted by Gasteiger charge is 2.28. The van der Waals surface area contributed by atoms with Crippen molar-refractivity contribution in [2.45, 2.75) is 31.7 Å². The number of carbonyl (C=O) groups is 1. The first-order valence-corrected chi connectivity index (χ1v) is 9.27. The lowest BCUT2D eigenvalue weighted by Crippen LogP contribution is -2.46. The van der Waals surface area contributed by atoms with Crippen molar-refractivity contribution in [1.29, 1.82) is 0 Å². The summed E-state index contributed by atoms with van der Waals surface area (Å²) in [5.74, 6) is 2.59. The van der Waals surface area contributed by atoms with E-state index in [4.69, 9.17) is 9.47 Å². The molecule has 0 atom stereocenters. The van der Waals surface area contributed by atoms with Crippen LogP contribution in [0.15, 0.2) is 23.8 Å². The van der Waals surface area contributed by atoms with Crippen molar-refractivity contribution in [2.75, 3.05) is 33.4 Å². The molecule has 6 heteroatoms. The molecule has 0 spiro atoms. The first-order chi connectivity index (χ1) is 12.2. The highest BCUT2D eigenvalue weighted by molar-refractivity contribution is 5.99. The number of amides is 1. The fourth-order valence-electron chi connectivity index (χ4n) is 3.55. The Bertz CT molecular complexity index is 680. The lowest BCUT2D eigenvalue weighted by atomic mass is 10.0. The number of fused-ring (bicyclic) bond motifs is 1. The van der Waals surface area contributed by atoms with Gasteiger partial charge >= 0.3 is 0 Å². The Labute approximate surface area is 161 Å². The van der Waals surface area contributed by atoms with Crippen molar-refractivity contribution in [2.24, 2.45) is 5.92 Å². The molecule has 0 aromatic heterocycles. The molecule has 2 aliphatic heterocycles. The van der Waals surface area contributed by atoms with Gasteiger partial charge in [0.05, 0.1) is 12.7 Å². The number of nitrogens with zero attached hydrogens (tertiary/aromatic N) is 1. The number of ether oxygens (including phenoxy) is 2. The number of hydrogen-bond donors (Lipinski definition) is 1. The first-order valence-electron chi connectivity index (χ1n) is 9.27. The highest BCUT2D eigenvalue weighted by atomic mass is 35.5. The minimum absolute atomic E-state index is 0. The van der Waals surface area contributed by atoms with Crippen LogP contribution in [0.3, 0.4) is 0 Å². The van der Waals surface area contributed by atoms with Crippen molar-refractivity contribution in [3.8, 4) is 11.5 Å². The topological polar surface area (TPSA) is 50.8 Å². The van der Waals surface area contributed by atoms with E-state index < -0.39 is 0 Å². The number of carbonyl (C=O) groups excluding carboxylic acids is 1. The summed E-state index contributed by atoms with van der Waals surface area (Å²) in [5, 5.41) is 3.66. The Balaban J connectivity index is 0.00000196. The van der Waals surface area contributed by atoms with Gasteiger partial charge in [0, 0.05) is 24.7 Å². The Morgan fingerprint density at radius 3 is 2.73 bits per heavy atom. The Hall–Kier alpha value is -1.72. The summed E-state index contributed by atoms with van der Waals surface area (Å²) >= 11 is 0. The van der Waals surface area contributed by atoms with E-state index in [-0.39, 0.29) is 18.3 Å². The lowest BCUT2D eigenvalue weighted by molar-refractivity contribution is -0.128. The van der Waals surface area contributed by atoms with Crippen molar-refractivity contribution >= 4 is 24.4 Å². The van der Waals surface area contributed by atoms with Gasteiger partial charge < -0.3 is 19.7 Å². The molecule has 142 valence electrons. The van der Waals surface area contributed by atoms with Crippen LogP contribution in [0.2, 0.25) is 0 Å². The van der Waals surface area contributed by atoms with Crippen LogP contribution in [0.5, 0.6) is 11.5 Å². The van der Waals surface area contributed by atoms with Crippen molar-refractivity contribution in [1.82, 2.24) is 10.2 Å². The van der Waals surface area contributed by atoms with Gasteiger partial charge in [-0.1, -0.05) is 0 Å². The fraction of sp³-hybridized carbons (Fsp3) is 0.550. The van der Waals surface area contributed by atoms with Crippen LogP contribution in [0, 0.1) is 5.92 Å². The van der Waals surface area contributed by atoms with Gasteiger partial charge in [-0.3, -0.25) is 4.79 Å². The van der Waals surface area contributed by atoms with Gasteiger partial charge in [-0.25, -0.2) is 0 Å². The molecule has 5 nitrogen and oxygen atoms in total. The van der Waals surface area contributed by atoms with E-state index in [1.165, 1.54) is 12.8 Å². The number of piperidine rings is 1. The number of rotatable bonds is 5. The standard InChI is InChI=1S/C20H26N2O3.ClH/c1-24-18-4-5-19-15(11-18)10-16(13-25-19)20(23)22-8-6-17(7-9-22)21-12-14-2-3-14;/h4-5,10-11,14,17,21H,2-3,6-9,12-13H2,1H3;1H. The molecule has 0 radical (unpaired) electrons. The molecule has 1 saturated carbocycles. The molecule has 1 aliphatic carbocycles. The normalized spacial score (nSPS) is 19.7. The lowest BCUT2D eigenvalue weighted by Gasteiger charge is -2.33. The SMILES string of the molecule is COc1ccc2c(c1)C=C(C(=O)N1CCC(NCC3CC3)CC1)CO2.Cl. The van der Waals surface area contributed by atoms with E-state index in [9.17, 15) is 4.79 Å². The molecule has 0 bridgehead atoms. The molecule has 3 aliphatic rings. The van der Waals surface area contributed by atoms with Crippen LogP contribution in [0.1, 0.15) is 31.2 Å². The molecular formula is C20H27ClN2O3. The summed E-state index contributed by atoms with van der Waals surface area (Å²) in [7, 11) is 1.64. The fourth-order valence-corrected chi connectivity index (χ4v) is 3.55. The van der Waals surface area contributed by atoms with E-state index in [0.29, 0.717) is 12.6 Å². The van der Waals surface area contributed by atoms with Crippen LogP contribution in [0.4, 0.5) is 0 Å². The molecule has 1 aromatic carbocycles. The van der Waals surface area contributed by atoms with Gasteiger partial charge in [0.15, 0.2) is 0 Å². The second-order valence-corrected chi connectivity index (χ2v) is 7.28. The summed E-state index contributed by atoms with van der Waals surface area (Å²) in [4.78, 5) is 14.8. The molecule has 2 heterocycles. The summed E-state index contributed by atoms with van der Waals surface area (Å²) in [6.45, 7) is 3.14. The summed E-state index contributed by atoms with van der Waals surface area (Å²) in [6.07, 6.45) is 6.78. The maximum atomic E-state index is 12.8. The second kappa shape index (κ2) is 8.31. The van der Waals surface area contributed by atoms with Gasteiger partial charge in [-0.05, 0) is 62.4 Å². The summed E-state index contributed by atoms with van der Waals surface area (Å²) in [5.41, 5.74) is 1.64. The molecule has 1 saturated heterocycles. The Kier molecular flexibility index (Phi) is 6.09. The highest BCUT2D eigenvalue weighted by Crippen LogP contribution is 2.31. The third-order valence-corrected chi connectivity index (χ3v) is 5.38. The van der Waals surface area contributed by atoms with Gasteiger partial charge in [-0.2, -0.15) is 0 Å². The van der Waals surface area contributed by atoms with Crippen LogP contribution >= 0.6 is 12.4 Å². The van der Waals surface area contributed by atoms with Crippen molar-refractivity contribution in [3.63, 3.8) is 0 Å². The molecule has 2 fully saturated rings. The predicted molar refractivity (Wildman–Crippen MR) is 104 cm³/mol. The molecule has 1 aromatic rings.